The molecule has 0 aliphatic carbocycles. The molecule has 0 aliphatic heterocycles. The van der Waals surface area contributed by atoms with Crippen LogP contribution in [0.2, 0.25) is 0 Å². The Balaban J connectivity index is 1.91. The number of alkyl halides is 1. The maximum Gasteiger partial charge on any atom is 0.254 e. The lowest BCUT2D eigenvalue weighted by Crippen LogP contribution is -2.26. The molecule has 0 saturated heterocycles. The van der Waals surface area contributed by atoms with Crippen LogP contribution in [-0.2, 0) is 0 Å². The maximum atomic E-state index is 11.8. The molecule has 1 N–H and O–H groups in total. The first-order chi connectivity index (χ1) is 8.77. The van der Waals surface area contributed by atoms with Crippen molar-refractivity contribution in [2.24, 2.45) is 0 Å². The smallest absolute Gasteiger partial charge is 0.254 e. The number of amides is 1. The third kappa shape index (κ3) is 3.37. The number of carbonyl (C=O) groups excluding carboxylic acids is 1. The summed E-state index contributed by atoms with van der Waals surface area (Å²) in [6.45, 7) is 0.512. The van der Waals surface area contributed by atoms with E-state index in [1.54, 1.807) is 0 Å². The average Bonchev–Trinajstić information content (AvgIpc) is 2.46. The van der Waals surface area contributed by atoms with Crippen molar-refractivity contribution in [1.29, 1.82) is 0 Å². The zero-order chi connectivity index (χ0) is 12.8. The fourth-order valence-corrected chi connectivity index (χ4v) is 1.95. The molecular formula is C13H12BrN3O. The average molecular weight is 306 g/mol. The maximum absolute atomic E-state index is 11.8. The molecule has 0 saturated carbocycles. The van der Waals surface area contributed by atoms with Crippen LogP contribution in [0.4, 0.5) is 0 Å². The summed E-state index contributed by atoms with van der Waals surface area (Å²) in [6, 6.07) is 9.92. The summed E-state index contributed by atoms with van der Waals surface area (Å²) in [5.74, 6) is -0.170. The molecule has 1 heterocycles. The van der Waals surface area contributed by atoms with Gasteiger partial charge in [0.1, 0.15) is 6.33 Å². The van der Waals surface area contributed by atoms with Crippen molar-refractivity contribution < 1.29 is 4.79 Å². The van der Waals surface area contributed by atoms with Gasteiger partial charge >= 0.3 is 0 Å². The van der Waals surface area contributed by atoms with Crippen LogP contribution < -0.4 is 5.32 Å². The Morgan fingerprint density at radius 3 is 2.56 bits per heavy atom. The van der Waals surface area contributed by atoms with Crippen molar-refractivity contribution in [3.63, 3.8) is 0 Å². The van der Waals surface area contributed by atoms with Crippen LogP contribution in [0.25, 0.3) is 0 Å². The van der Waals surface area contributed by atoms with Gasteiger partial charge in [0, 0.05) is 18.9 Å². The van der Waals surface area contributed by atoms with E-state index in [2.05, 4.69) is 31.2 Å². The van der Waals surface area contributed by atoms with Crippen LogP contribution in [0, 0.1) is 0 Å². The lowest BCUT2D eigenvalue weighted by Gasteiger charge is -2.11. The van der Waals surface area contributed by atoms with E-state index in [1.807, 2.05) is 30.3 Å². The van der Waals surface area contributed by atoms with E-state index < -0.39 is 0 Å². The molecule has 1 aromatic heterocycles. The molecule has 5 heteroatoms. The van der Waals surface area contributed by atoms with Crippen LogP contribution in [-0.4, -0.2) is 22.4 Å². The van der Waals surface area contributed by atoms with Crippen molar-refractivity contribution in [3.05, 3.63) is 60.2 Å². The standard InChI is InChI=1S/C13H12BrN3O/c14-12(10-4-2-1-3-5-10)8-17-13(18)11-6-15-9-16-7-11/h1-7,9,12H,8H2,(H,17,18). The highest BCUT2D eigenvalue weighted by Gasteiger charge is 2.10. The Morgan fingerprint density at radius 2 is 1.89 bits per heavy atom. The van der Waals surface area contributed by atoms with Gasteiger partial charge in [-0.15, -0.1) is 0 Å². The third-order valence-corrected chi connectivity index (χ3v) is 3.28. The van der Waals surface area contributed by atoms with Gasteiger partial charge in [0.2, 0.25) is 0 Å². The first-order valence-electron chi connectivity index (χ1n) is 5.49. The number of aromatic nitrogens is 2. The molecule has 1 amide bonds. The number of nitrogens with zero attached hydrogens (tertiary/aromatic N) is 2. The first-order valence-corrected chi connectivity index (χ1v) is 6.41. The van der Waals surface area contributed by atoms with E-state index in [0.29, 0.717) is 12.1 Å². The highest BCUT2D eigenvalue weighted by atomic mass is 79.9. The predicted octanol–water partition coefficient (Wildman–Crippen LogP) is 2.34. The molecule has 0 radical (unpaired) electrons. The molecule has 0 aliphatic rings. The first kappa shape index (κ1) is 12.7. The summed E-state index contributed by atoms with van der Waals surface area (Å²) < 4.78 is 0. The second-order valence-corrected chi connectivity index (χ2v) is 4.82. The van der Waals surface area contributed by atoms with Crippen molar-refractivity contribution in [1.82, 2.24) is 15.3 Å². The zero-order valence-electron chi connectivity index (χ0n) is 9.58. The molecule has 1 unspecified atom stereocenters. The van der Waals surface area contributed by atoms with E-state index in [0.717, 1.165) is 5.56 Å². The highest BCUT2D eigenvalue weighted by molar-refractivity contribution is 9.09. The minimum Gasteiger partial charge on any atom is -0.350 e. The SMILES string of the molecule is O=C(NCC(Br)c1ccccc1)c1cncnc1. The molecule has 1 atom stereocenters. The molecule has 2 rings (SSSR count). The van der Waals surface area contributed by atoms with Crippen LogP contribution in [0.1, 0.15) is 20.7 Å². The van der Waals surface area contributed by atoms with Gasteiger partial charge in [-0.3, -0.25) is 4.79 Å². The van der Waals surface area contributed by atoms with Gasteiger partial charge in [-0.25, -0.2) is 9.97 Å². The summed E-state index contributed by atoms with van der Waals surface area (Å²) in [5, 5.41) is 2.83. The minimum atomic E-state index is -0.170. The number of carbonyl (C=O) groups is 1. The number of benzene rings is 1. The normalized spacial score (nSPS) is 11.8. The number of hydrogen-bond acceptors (Lipinski definition) is 3. The molecule has 1 aromatic carbocycles. The van der Waals surface area contributed by atoms with Crippen molar-refractivity contribution in [3.8, 4) is 0 Å². The molecule has 2 aromatic rings. The largest absolute Gasteiger partial charge is 0.350 e. The Morgan fingerprint density at radius 1 is 1.22 bits per heavy atom. The zero-order valence-corrected chi connectivity index (χ0v) is 11.2. The fourth-order valence-electron chi connectivity index (χ4n) is 1.48. The third-order valence-electron chi connectivity index (χ3n) is 2.43. The van der Waals surface area contributed by atoms with Crippen molar-refractivity contribution in [2.75, 3.05) is 6.54 Å². The van der Waals surface area contributed by atoms with Gasteiger partial charge in [0.15, 0.2) is 0 Å². The van der Waals surface area contributed by atoms with E-state index in [9.17, 15) is 4.79 Å². The second-order valence-electron chi connectivity index (χ2n) is 3.72. The Bertz CT molecular complexity index is 504. The van der Waals surface area contributed by atoms with Gasteiger partial charge < -0.3 is 5.32 Å². The molecule has 0 spiro atoms. The Kier molecular flexibility index (Phi) is 4.41. The van der Waals surface area contributed by atoms with Gasteiger partial charge in [-0.2, -0.15) is 0 Å². The highest BCUT2D eigenvalue weighted by Crippen LogP contribution is 2.21. The van der Waals surface area contributed by atoms with E-state index in [4.69, 9.17) is 0 Å². The van der Waals surface area contributed by atoms with Gasteiger partial charge in [-0.05, 0) is 5.56 Å². The summed E-state index contributed by atoms with van der Waals surface area (Å²) >= 11 is 3.54. The van der Waals surface area contributed by atoms with Crippen LogP contribution in [0.15, 0.2) is 49.1 Å². The van der Waals surface area contributed by atoms with Gasteiger partial charge in [0.05, 0.1) is 10.4 Å². The lowest BCUT2D eigenvalue weighted by atomic mass is 10.1. The molecule has 0 fully saturated rings. The fraction of sp³-hybridized carbons (Fsp3) is 0.154. The van der Waals surface area contributed by atoms with Crippen LogP contribution in [0.3, 0.4) is 0 Å². The van der Waals surface area contributed by atoms with Crippen LogP contribution in [0.5, 0.6) is 0 Å². The summed E-state index contributed by atoms with van der Waals surface area (Å²) in [5.41, 5.74) is 1.59. The number of nitrogens with one attached hydrogen (secondary N) is 1. The molecule has 92 valence electrons. The van der Waals surface area contributed by atoms with Gasteiger partial charge in [-0.1, -0.05) is 46.3 Å². The summed E-state index contributed by atoms with van der Waals surface area (Å²) in [7, 11) is 0. The topological polar surface area (TPSA) is 54.9 Å². The quantitative estimate of drug-likeness (QED) is 0.882. The van der Waals surface area contributed by atoms with Crippen molar-refractivity contribution >= 4 is 21.8 Å². The van der Waals surface area contributed by atoms with E-state index in [-0.39, 0.29) is 10.7 Å². The van der Waals surface area contributed by atoms with E-state index in [1.165, 1.54) is 18.7 Å². The van der Waals surface area contributed by atoms with Crippen LogP contribution >= 0.6 is 15.9 Å². The van der Waals surface area contributed by atoms with Crippen molar-refractivity contribution in [2.45, 2.75) is 4.83 Å². The summed E-state index contributed by atoms with van der Waals surface area (Å²) in [4.78, 5) is 19.5. The molecule has 18 heavy (non-hydrogen) atoms. The molecular weight excluding hydrogens is 294 g/mol. The second kappa shape index (κ2) is 6.26. The monoisotopic (exact) mass is 305 g/mol. The lowest BCUT2D eigenvalue weighted by molar-refractivity contribution is 0.0953. The summed E-state index contributed by atoms with van der Waals surface area (Å²) in [6.07, 6.45) is 4.39. The Labute approximate surface area is 114 Å². The molecule has 4 nitrogen and oxygen atoms in total. The number of rotatable bonds is 4. The predicted molar refractivity (Wildman–Crippen MR) is 72.5 cm³/mol. The van der Waals surface area contributed by atoms with Gasteiger partial charge in [0.25, 0.3) is 5.91 Å². The van der Waals surface area contributed by atoms with E-state index >= 15 is 0 Å². The number of hydrogen-bond donors (Lipinski definition) is 1. The molecule has 0 bridgehead atoms. The minimum absolute atomic E-state index is 0.0901. The number of halogens is 1. The Hall–Kier alpha value is -1.75.